The molecule has 0 atom stereocenters. The van der Waals surface area contributed by atoms with E-state index >= 15 is 0 Å². The van der Waals surface area contributed by atoms with Gasteiger partial charge in [0.1, 0.15) is 11.3 Å². The largest absolute Gasteiger partial charge is 0.397 e. The van der Waals surface area contributed by atoms with Crippen molar-refractivity contribution in [2.24, 2.45) is 0 Å². The molecule has 0 radical (unpaired) electrons. The molecule has 16 heavy (non-hydrogen) atoms. The molecule has 4 nitrogen and oxygen atoms in total. The molecule has 2 aromatic heterocycles. The molecule has 0 aromatic carbocycles. The Morgan fingerprint density at radius 3 is 2.81 bits per heavy atom. The van der Waals surface area contributed by atoms with E-state index in [-0.39, 0.29) is 0 Å². The Morgan fingerprint density at radius 2 is 2.19 bits per heavy atom. The van der Waals surface area contributed by atoms with Crippen LogP contribution in [0.15, 0.2) is 12.3 Å². The fraction of sp³-hybridized carbons (Fsp3) is 0.500. The molecule has 4 heteroatoms. The van der Waals surface area contributed by atoms with Crippen LogP contribution in [0.5, 0.6) is 0 Å². The SMILES string of the molecule is CC(C)c1nc2c(N)ccnc2n1C1CC1. The minimum absolute atomic E-state index is 0.411. The number of rotatable bonds is 2. The summed E-state index contributed by atoms with van der Waals surface area (Å²) in [4.78, 5) is 9.08. The fourth-order valence-electron chi connectivity index (χ4n) is 2.13. The third kappa shape index (κ3) is 1.29. The first kappa shape index (κ1) is 9.63. The second-order valence-electron chi connectivity index (χ2n) is 4.80. The zero-order chi connectivity index (χ0) is 11.3. The molecule has 0 aliphatic heterocycles. The molecule has 0 spiro atoms. The maximum Gasteiger partial charge on any atom is 0.162 e. The van der Waals surface area contributed by atoms with Crippen LogP contribution >= 0.6 is 0 Å². The molecular formula is C12H16N4. The highest BCUT2D eigenvalue weighted by Crippen LogP contribution is 2.40. The molecule has 2 heterocycles. The monoisotopic (exact) mass is 216 g/mol. The van der Waals surface area contributed by atoms with E-state index in [0.29, 0.717) is 12.0 Å². The average molecular weight is 216 g/mol. The number of nitrogens with two attached hydrogens (primary N) is 1. The van der Waals surface area contributed by atoms with Crippen molar-refractivity contribution in [1.82, 2.24) is 14.5 Å². The predicted octanol–water partition coefficient (Wildman–Crippen LogP) is 2.47. The van der Waals surface area contributed by atoms with Crippen LogP contribution in [0.2, 0.25) is 0 Å². The minimum Gasteiger partial charge on any atom is -0.397 e. The highest BCUT2D eigenvalue weighted by molar-refractivity contribution is 5.84. The molecule has 2 N–H and O–H groups in total. The minimum atomic E-state index is 0.411. The van der Waals surface area contributed by atoms with Gasteiger partial charge in [0, 0.05) is 18.2 Å². The van der Waals surface area contributed by atoms with Gasteiger partial charge in [0.05, 0.1) is 5.69 Å². The number of pyridine rings is 1. The molecular weight excluding hydrogens is 200 g/mol. The number of fused-ring (bicyclic) bond motifs is 1. The molecule has 0 bridgehead atoms. The van der Waals surface area contributed by atoms with E-state index in [2.05, 4.69) is 28.4 Å². The van der Waals surface area contributed by atoms with Gasteiger partial charge in [-0.25, -0.2) is 9.97 Å². The Labute approximate surface area is 94.5 Å². The molecule has 1 saturated carbocycles. The van der Waals surface area contributed by atoms with E-state index in [1.807, 2.05) is 6.07 Å². The second kappa shape index (κ2) is 3.20. The van der Waals surface area contributed by atoms with E-state index in [4.69, 9.17) is 5.73 Å². The Morgan fingerprint density at radius 1 is 1.44 bits per heavy atom. The maximum atomic E-state index is 5.94. The summed E-state index contributed by atoms with van der Waals surface area (Å²) >= 11 is 0. The average Bonchev–Trinajstić information content (AvgIpc) is 2.99. The first-order chi connectivity index (χ1) is 7.68. The lowest BCUT2D eigenvalue weighted by Crippen LogP contribution is -2.03. The van der Waals surface area contributed by atoms with Crippen molar-refractivity contribution in [1.29, 1.82) is 0 Å². The van der Waals surface area contributed by atoms with Gasteiger partial charge in [-0.2, -0.15) is 0 Å². The lowest BCUT2D eigenvalue weighted by Gasteiger charge is -2.08. The van der Waals surface area contributed by atoms with E-state index in [1.165, 1.54) is 12.8 Å². The zero-order valence-electron chi connectivity index (χ0n) is 9.64. The van der Waals surface area contributed by atoms with Crippen molar-refractivity contribution in [3.63, 3.8) is 0 Å². The van der Waals surface area contributed by atoms with Crippen LogP contribution in [-0.2, 0) is 0 Å². The van der Waals surface area contributed by atoms with E-state index < -0.39 is 0 Å². The quantitative estimate of drug-likeness (QED) is 0.839. The van der Waals surface area contributed by atoms with Gasteiger partial charge >= 0.3 is 0 Å². The zero-order valence-corrected chi connectivity index (χ0v) is 9.64. The van der Waals surface area contributed by atoms with E-state index in [0.717, 1.165) is 22.7 Å². The van der Waals surface area contributed by atoms with E-state index in [9.17, 15) is 0 Å². The van der Waals surface area contributed by atoms with Crippen LogP contribution in [0.4, 0.5) is 5.69 Å². The lowest BCUT2D eigenvalue weighted by atomic mass is 10.2. The first-order valence-electron chi connectivity index (χ1n) is 5.80. The molecule has 84 valence electrons. The van der Waals surface area contributed by atoms with Gasteiger partial charge in [-0.3, -0.25) is 0 Å². The Balaban J connectivity index is 2.32. The lowest BCUT2D eigenvalue weighted by molar-refractivity contribution is 0.650. The van der Waals surface area contributed by atoms with Crippen LogP contribution in [0.1, 0.15) is 44.5 Å². The molecule has 0 unspecified atom stereocenters. The van der Waals surface area contributed by atoms with Crippen molar-refractivity contribution in [2.45, 2.75) is 38.6 Å². The Hall–Kier alpha value is -1.58. The summed E-state index contributed by atoms with van der Waals surface area (Å²) in [5.41, 5.74) is 8.48. The van der Waals surface area contributed by atoms with Crippen LogP contribution in [0, 0.1) is 0 Å². The van der Waals surface area contributed by atoms with Crippen molar-refractivity contribution in [3.05, 3.63) is 18.1 Å². The topological polar surface area (TPSA) is 56.7 Å². The van der Waals surface area contributed by atoms with E-state index in [1.54, 1.807) is 6.20 Å². The highest BCUT2D eigenvalue weighted by atomic mass is 15.2. The molecule has 2 aromatic rings. The van der Waals surface area contributed by atoms with Crippen LogP contribution in [0.3, 0.4) is 0 Å². The third-order valence-corrected chi connectivity index (χ3v) is 3.07. The summed E-state index contributed by atoms with van der Waals surface area (Å²) in [6.07, 6.45) is 4.24. The highest BCUT2D eigenvalue weighted by Gasteiger charge is 2.29. The van der Waals surface area contributed by atoms with Crippen molar-refractivity contribution >= 4 is 16.9 Å². The molecule has 1 aliphatic carbocycles. The summed E-state index contributed by atoms with van der Waals surface area (Å²) in [5.74, 6) is 1.53. The summed E-state index contributed by atoms with van der Waals surface area (Å²) in [6.45, 7) is 4.33. The molecule has 1 fully saturated rings. The molecule has 0 saturated heterocycles. The summed E-state index contributed by atoms with van der Waals surface area (Å²) in [6, 6.07) is 2.41. The van der Waals surface area contributed by atoms with Gasteiger partial charge < -0.3 is 10.3 Å². The van der Waals surface area contributed by atoms with Crippen molar-refractivity contribution in [2.75, 3.05) is 5.73 Å². The van der Waals surface area contributed by atoms with Gasteiger partial charge in [-0.1, -0.05) is 13.8 Å². The first-order valence-corrected chi connectivity index (χ1v) is 5.80. The number of hydrogen-bond acceptors (Lipinski definition) is 3. The molecule has 3 rings (SSSR count). The summed E-state index contributed by atoms with van der Waals surface area (Å²) in [5, 5.41) is 0. The van der Waals surface area contributed by atoms with Crippen LogP contribution < -0.4 is 5.73 Å². The summed E-state index contributed by atoms with van der Waals surface area (Å²) < 4.78 is 2.27. The van der Waals surface area contributed by atoms with Crippen molar-refractivity contribution < 1.29 is 0 Å². The van der Waals surface area contributed by atoms with Gasteiger partial charge in [0.2, 0.25) is 0 Å². The van der Waals surface area contributed by atoms with Crippen molar-refractivity contribution in [3.8, 4) is 0 Å². The maximum absolute atomic E-state index is 5.94. The van der Waals surface area contributed by atoms with Gasteiger partial charge in [0.25, 0.3) is 0 Å². The summed E-state index contributed by atoms with van der Waals surface area (Å²) in [7, 11) is 0. The Bertz CT molecular complexity index is 537. The van der Waals surface area contributed by atoms with Gasteiger partial charge in [0.15, 0.2) is 5.65 Å². The Kier molecular flexibility index (Phi) is 1.93. The smallest absolute Gasteiger partial charge is 0.162 e. The predicted molar refractivity (Wildman–Crippen MR) is 64.3 cm³/mol. The van der Waals surface area contributed by atoms with Gasteiger partial charge in [-0.05, 0) is 18.9 Å². The van der Waals surface area contributed by atoms with Crippen LogP contribution in [0.25, 0.3) is 11.2 Å². The van der Waals surface area contributed by atoms with Gasteiger partial charge in [-0.15, -0.1) is 0 Å². The third-order valence-electron chi connectivity index (χ3n) is 3.07. The number of hydrogen-bond donors (Lipinski definition) is 1. The van der Waals surface area contributed by atoms with Crippen LogP contribution in [-0.4, -0.2) is 14.5 Å². The molecule has 0 amide bonds. The fourth-order valence-corrected chi connectivity index (χ4v) is 2.13. The standard InChI is InChI=1S/C12H16N4/c1-7(2)11-15-10-9(13)5-6-14-12(10)16(11)8-3-4-8/h5-8H,3-4H2,1-2H3,(H2,13,14). The molecule has 1 aliphatic rings. The number of anilines is 1. The normalized spacial score (nSPS) is 16.2. The number of nitrogens with zero attached hydrogens (tertiary/aromatic N) is 3. The number of aromatic nitrogens is 3. The number of imidazole rings is 1. The second-order valence-corrected chi connectivity index (χ2v) is 4.80. The number of nitrogen functional groups attached to an aromatic ring is 1.